The Labute approximate surface area is 127 Å². The van der Waals surface area contributed by atoms with Crippen LogP contribution in [0.2, 0.25) is 0 Å². The zero-order valence-corrected chi connectivity index (χ0v) is 12.5. The molecule has 0 saturated carbocycles. The first-order valence-corrected chi connectivity index (χ1v) is 6.87. The number of fused-ring (bicyclic) bond motifs is 1. The van der Waals surface area contributed by atoms with E-state index in [0.717, 1.165) is 11.3 Å². The van der Waals surface area contributed by atoms with Gasteiger partial charge in [-0.25, -0.2) is 4.99 Å². The molecule has 0 atom stereocenters. The van der Waals surface area contributed by atoms with Crippen molar-refractivity contribution in [1.29, 1.82) is 0 Å². The first-order valence-electron chi connectivity index (χ1n) is 6.87. The lowest BCUT2D eigenvalue weighted by molar-refractivity contribution is -0.113. The molecule has 0 N–H and O–H groups in total. The molecule has 110 valence electrons. The van der Waals surface area contributed by atoms with Crippen LogP contribution >= 0.6 is 0 Å². The summed E-state index contributed by atoms with van der Waals surface area (Å²) in [6.45, 7) is 5.09. The van der Waals surface area contributed by atoms with E-state index in [9.17, 15) is 9.59 Å². The van der Waals surface area contributed by atoms with Crippen molar-refractivity contribution < 1.29 is 14.1 Å². The highest BCUT2D eigenvalue weighted by Crippen LogP contribution is 2.28. The predicted octanol–water partition coefficient (Wildman–Crippen LogP) is 3.12. The van der Waals surface area contributed by atoms with Crippen LogP contribution in [0.15, 0.2) is 45.4 Å². The van der Waals surface area contributed by atoms with Crippen molar-refractivity contribution >= 4 is 23.2 Å². The number of Topliss-reactive ketones (excluding diaryl/α,β-unsaturated/α-hetero) is 1. The van der Waals surface area contributed by atoms with E-state index in [1.165, 1.54) is 13.0 Å². The van der Waals surface area contributed by atoms with Crippen molar-refractivity contribution in [2.75, 3.05) is 0 Å². The van der Waals surface area contributed by atoms with Crippen LogP contribution in [-0.2, 0) is 4.79 Å². The molecule has 1 aromatic carbocycles. The maximum atomic E-state index is 12.2. The van der Waals surface area contributed by atoms with Crippen LogP contribution in [-0.4, -0.2) is 22.4 Å². The van der Waals surface area contributed by atoms with E-state index in [-0.39, 0.29) is 17.1 Å². The number of nitrogens with zero attached hydrogens (tertiary/aromatic N) is 2. The lowest BCUT2D eigenvalue weighted by atomic mass is 9.87. The lowest BCUT2D eigenvalue weighted by Crippen LogP contribution is -2.21. The largest absolute Gasteiger partial charge is 0.336 e. The molecule has 0 spiro atoms. The normalized spacial score (nSPS) is 15.7. The van der Waals surface area contributed by atoms with Gasteiger partial charge in [0, 0.05) is 22.3 Å². The third kappa shape index (κ3) is 2.20. The topological polar surface area (TPSA) is 72.5 Å². The molecule has 1 aromatic heterocycles. The Balaban J connectivity index is 2.25. The van der Waals surface area contributed by atoms with Crippen LogP contribution in [0.25, 0.3) is 0 Å². The van der Waals surface area contributed by atoms with Crippen molar-refractivity contribution in [1.82, 2.24) is 5.16 Å². The van der Waals surface area contributed by atoms with Crippen molar-refractivity contribution in [3.05, 3.63) is 58.3 Å². The monoisotopic (exact) mass is 294 g/mol. The molecule has 0 amide bonds. The predicted molar refractivity (Wildman–Crippen MR) is 81.7 cm³/mol. The molecule has 1 heterocycles. The zero-order valence-electron chi connectivity index (χ0n) is 12.5. The number of benzene rings is 1. The summed E-state index contributed by atoms with van der Waals surface area (Å²) in [7, 11) is 0. The first kappa shape index (κ1) is 14.1. The van der Waals surface area contributed by atoms with E-state index in [2.05, 4.69) is 10.1 Å². The molecule has 22 heavy (non-hydrogen) atoms. The van der Waals surface area contributed by atoms with Gasteiger partial charge in [0.2, 0.25) is 0 Å². The summed E-state index contributed by atoms with van der Waals surface area (Å²) in [5, 5.41) is 3.87. The maximum Gasteiger partial charge on any atom is 0.254 e. The Kier molecular flexibility index (Phi) is 3.33. The number of ketones is 2. The van der Waals surface area contributed by atoms with E-state index in [0.29, 0.717) is 22.7 Å². The van der Waals surface area contributed by atoms with Gasteiger partial charge in [0.15, 0.2) is 11.6 Å². The summed E-state index contributed by atoms with van der Waals surface area (Å²) in [5.41, 5.74) is 3.45. The van der Waals surface area contributed by atoms with Gasteiger partial charge in [0.05, 0.1) is 11.4 Å². The Morgan fingerprint density at radius 3 is 2.45 bits per heavy atom. The van der Waals surface area contributed by atoms with Gasteiger partial charge in [-0.2, -0.15) is 0 Å². The van der Waals surface area contributed by atoms with Gasteiger partial charge in [0.25, 0.3) is 5.88 Å². The van der Waals surface area contributed by atoms with Crippen LogP contribution in [0, 0.1) is 13.8 Å². The van der Waals surface area contributed by atoms with Gasteiger partial charge in [0.1, 0.15) is 0 Å². The second kappa shape index (κ2) is 5.18. The number of carbonyl (C=O) groups is 2. The van der Waals surface area contributed by atoms with Crippen LogP contribution in [0.4, 0.5) is 5.88 Å². The summed E-state index contributed by atoms with van der Waals surface area (Å²) in [6, 6.07) is 7.09. The molecule has 0 bridgehead atoms. The number of carbonyl (C=O) groups excluding carboxylic acids is 2. The fraction of sp³-hybridized carbons (Fsp3) is 0.176. The minimum Gasteiger partial charge on any atom is -0.336 e. The molecule has 0 fully saturated rings. The van der Waals surface area contributed by atoms with Gasteiger partial charge in [-0.05, 0) is 26.8 Å². The molecule has 0 saturated heterocycles. The van der Waals surface area contributed by atoms with Crippen molar-refractivity contribution in [2.24, 2.45) is 4.99 Å². The van der Waals surface area contributed by atoms with Crippen LogP contribution in [0.5, 0.6) is 0 Å². The number of aromatic nitrogens is 1. The first-order chi connectivity index (χ1) is 10.5. The van der Waals surface area contributed by atoms with Gasteiger partial charge in [-0.1, -0.05) is 29.4 Å². The molecule has 1 aliphatic carbocycles. The second-order valence-corrected chi connectivity index (χ2v) is 5.18. The molecule has 0 aliphatic heterocycles. The quantitative estimate of drug-likeness (QED) is 0.853. The Bertz CT molecular complexity index is 857. The highest BCUT2D eigenvalue weighted by atomic mass is 16.5. The zero-order chi connectivity index (χ0) is 15.9. The minimum atomic E-state index is -0.213. The summed E-state index contributed by atoms with van der Waals surface area (Å²) >= 11 is 0. The number of hydrogen-bond acceptors (Lipinski definition) is 5. The van der Waals surface area contributed by atoms with Gasteiger partial charge in [-0.3, -0.25) is 9.59 Å². The number of hydrogen-bond donors (Lipinski definition) is 0. The Morgan fingerprint density at radius 1 is 1.18 bits per heavy atom. The van der Waals surface area contributed by atoms with Crippen molar-refractivity contribution in [3.63, 3.8) is 0 Å². The fourth-order valence-corrected chi connectivity index (χ4v) is 2.32. The van der Waals surface area contributed by atoms with Crippen LogP contribution < -0.4 is 0 Å². The highest BCUT2D eigenvalue weighted by Gasteiger charge is 2.26. The van der Waals surface area contributed by atoms with Crippen LogP contribution in [0.1, 0.15) is 34.1 Å². The SMILES string of the molecule is CC(=O)C1=CC(=O)c2ccccc2C1=Nc1onc(C)c1C. The lowest BCUT2D eigenvalue weighted by Gasteiger charge is -2.16. The fourth-order valence-electron chi connectivity index (χ4n) is 2.32. The van der Waals surface area contributed by atoms with E-state index in [1.807, 2.05) is 19.9 Å². The highest BCUT2D eigenvalue weighted by molar-refractivity contribution is 6.36. The number of aliphatic imine (C=N–C) groups is 1. The molecular weight excluding hydrogens is 280 g/mol. The third-order valence-electron chi connectivity index (χ3n) is 3.70. The molecule has 3 rings (SSSR count). The third-order valence-corrected chi connectivity index (χ3v) is 3.70. The summed E-state index contributed by atoms with van der Waals surface area (Å²) in [4.78, 5) is 28.5. The Hall–Kier alpha value is -2.82. The Morgan fingerprint density at radius 2 is 1.86 bits per heavy atom. The smallest absolute Gasteiger partial charge is 0.254 e. The molecule has 0 unspecified atom stereocenters. The minimum absolute atomic E-state index is 0.190. The molecule has 0 radical (unpaired) electrons. The number of aryl methyl sites for hydroxylation is 1. The van der Waals surface area contributed by atoms with Crippen LogP contribution in [0.3, 0.4) is 0 Å². The van der Waals surface area contributed by atoms with Crippen molar-refractivity contribution in [2.45, 2.75) is 20.8 Å². The van der Waals surface area contributed by atoms with E-state index >= 15 is 0 Å². The molecule has 5 nitrogen and oxygen atoms in total. The molecule has 1 aliphatic rings. The van der Waals surface area contributed by atoms with Gasteiger partial charge < -0.3 is 4.52 Å². The number of rotatable bonds is 2. The number of allylic oxidation sites excluding steroid dienone is 2. The maximum absolute atomic E-state index is 12.2. The van der Waals surface area contributed by atoms with Gasteiger partial charge >= 0.3 is 0 Å². The second-order valence-electron chi connectivity index (χ2n) is 5.18. The molecular formula is C17H14N2O3. The summed E-state index contributed by atoms with van der Waals surface area (Å²) < 4.78 is 5.21. The average Bonchev–Trinajstić information content (AvgIpc) is 2.81. The molecule has 5 heteroatoms. The summed E-state index contributed by atoms with van der Waals surface area (Å²) in [6.07, 6.45) is 1.34. The van der Waals surface area contributed by atoms with E-state index in [1.54, 1.807) is 18.2 Å². The summed E-state index contributed by atoms with van der Waals surface area (Å²) in [5.74, 6) is -0.0514. The standard InChI is InChI=1S/C17H14N2O3/c1-9-10(2)19-22-17(9)18-16-13-7-5-4-6-12(13)15(21)8-14(16)11(3)20/h4-8H,1-3H3. The molecule has 2 aromatic rings. The van der Waals surface area contributed by atoms with E-state index in [4.69, 9.17) is 4.52 Å². The van der Waals surface area contributed by atoms with Gasteiger partial charge in [-0.15, -0.1) is 0 Å². The van der Waals surface area contributed by atoms with E-state index < -0.39 is 0 Å². The van der Waals surface area contributed by atoms with Crippen molar-refractivity contribution in [3.8, 4) is 0 Å². The average molecular weight is 294 g/mol.